The number of benzene rings is 1. The van der Waals surface area contributed by atoms with Crippen molar-refractivity contribution in [3.05, 3.63) is 53.6 Å². The van der Waals surface area contributed by atoms with E-state index in [1.807, 2.05) is 11.8 Å². The summed E-state index contributed by atoms with van der Waals surface area (Å²) in [6.07, 6.45) is 1.52. The van der Waals surface area contributed by atoms with Crippen molar-refractivity contribution in [1.29, 1.82) is 0 Å². The third-order valence-corrected chi connectivity index (χ3v) is 5.90. The van der Waals surface area contributed by atoms with Crippen LogP contribution in [0.1, 0.15) is 24.6 Å². The third-order valence-electron chi connectivity index (χ3n) is 5.90. The number of amides is 4. The quantitative estimate of drug-likeness (QED) is 0.576. The molecule has 11 heteroatoms. The number of carbonyl (C=O) groups excluding carboxylic acids is 3. The zero-order chi connectivity index (χ0) is 26.1. The maximum Gasteiger partial charge on any atom is 0.409 e. The van der Waals surface area contributed by atoms with Crippen LogP contribution in [0.25, 0.3) is 0 Å². The number of hydrogen-bond donors (Lipinski definition) is 2. The van der Waals surface area contributed by atoms with Crippen LogP contribution in [0.5, 0.6) is 0 Å². The number of hydrogen-bond acceptors (Lipinski definition) is 6. The Morgan fingerprint density at radius 3 is 2.53 bits per heavy atom. The van der Waals surface area contributed by atoms with E-state index >= 15 is 4.39 Å². The lowest BCUT2D eigenvalue weighted by molar-refractivity contribution is -0.130. The fourth-order valence-electron chi connectivity index (χ4n) is 3.71. The molecule has 0 atom stereocenters. The highest BCUT2D eigenvalue weighted by Crippen LogP contribution is 2.21. The van der Waals surface area contributed by atoms with Crippen molar-refractivity contribution in [2.24, 2.45) is 0 Å². The van der Waals surface area contributed by atoms with E-state index in [0.29, 0.717) is 56.9 Å². The average Bonchev–Trinajstić information content (AvgIpc) is 2.87. The first kappa shape index (κ1) is 26.9. The van der Waals surface area contributed by atoms with Crippen LogP contribution in [0.4, 0.5) is 25.4 Å². The fourth-order valence-corrected chi connectivity index (χ4v) is 3.71. The summed E-state index contributed by atoms with van der Waals surface area (Å²) in [7, 11) is 1.68. The Kier molecular flexibility index (Phi) is 9.57. The topological polar surface area (TPSA) is 107 Å². The Hall–Kier alpha value is -3.73. The lowest BCUT2D eigenvalue weighted by atomic mass is 10.1. The Labute approximate surface area is 210 Å². The van der Waals surface area contributed by atoms with Crippen LogP contribution in [-0.2, 0) is 16.1 Å². The molecule has 2 aromatic rings. The minimum atomic E-state index is -0.561. The molecular formula is C25H33FN6O4. The summed E-state index contributed by atoms with van der Waals surface area (Å²) in [5, 5.41) is 5.18. The first-order valence-corrected chi connectivity index (χ1v) is 11.9. The largest absolute Gasteiger partial charge is 0.448 e. The summed E-state index contributed by atoms with van der Waals surface area (Å²) in [4.78, 5) is 45.5. The van der Waals surface area contributed by atoms with E-state index in [2.05, 4.69) is 15.6 Å². The van der Waals surface area contributed by atoms with Gasteiger partial charge in [0.1, 0.15) is 6.61 Å². The molecule has 0 radical (unpaired) electrons. The molecule has 0 bridgehead atoms. The zero-order valence-electron chi connectivity index (χ0n) is 20.9. The number of carbonyl (C=O) groups is 3. The van der Waals surface area contributed by atoms with Crippen molar-refractivity contribution in [2.45, 2.75) is 26.8 Å². The number of aryl methyl sites for hydroxylation is 1. The predicted octanol–water partition coefficient (Wildman–Crippen LogP) is 3.30. The Bertz CT molecular complexity index is 1060. The van der Waals surface area contributed by atoms with Gasteiger partial charge in [0, 0.05) is 57.4 Å². The van der Waals surface area contributed by atoms with Gasteiger partial charge in [-0.3, -0.25) is 14.7 Å². The standard InChI is InChI=1S/C25H33FN6O4/c1-4-22(33)30(3)14-15-36-25(35)32-12-10-31(11-13-32)17-19-6-5-7-21(23(19)26)29-24(34)28-20-9-8-18(2)27-16-20/h5-9,16H,4,10-15,17H2,1-3H3,(H2,28,29,34). The van der Waals surface area contributed by atoms with Crippen LogP contribution in [0.15, 0.2) is 36.5 Å². The van der Waals surface area contributed by atoms with E-state index in [1.165, 1.54) is 17.2 Å². The average molecular weight is 501 g/mol. The molecule has 0 saturated carbocycles. The SMILES string of the molecule is CCC(=O)N(C)CCOC(=O)N1CCN(Cc2cccc(NC(=O)Nc3ccc(C)nc3)c2F)CC1. The molecule has 1 aromatic carbocycles. The molecule has 194 valence electrons. The van der Waals surface area contributed by atoms with Gasteiger partial charge in [0.2, 0.25) is 5.91 Å². The number of aromatic nitrogens is 1. The number of piperazine rings is 1. The molecule has 1 fully saturated rings. The van der Waals surface area contributed by atoms with E-state index in [1.54, 1.807) is 43.1 Å². The molecular weight excluding hydrogens is 467 g/mol. The van der Waals surface area contributed by atoms with E-state index in [9.17, 15) is 14.4 Å². The van der Waals surface area contributed by atoms with Crippen LogP contribution in [0.2, 0.25) is 0 Å². The third kappa shape index (κ3) is 7.64. The minimum Gasteiger partial charge on any atom is -0.448 e. The first-order valence-electron chi connectivity index (χ1n) is 11.9. The number of halogens is 1. The van der Waals surface area contributed by atoms with Crippen molar-refractivity contribution in [1.82, 2.24) is 19.7 Å². The number of rotatable bonds is 8. The maximum absolute atomic E-state index is 15.1. The predicted molar refractivity (Wildman–Crippen MR) is 134 cm³/mol. The summed E-state index contributed by atoms with van der Waals surface area (Å²) in [6, 6.07) is 7.80. The summed E-state index contributed by atoms with van der Waals surface area (Å²) < 4.78 is 20.4. The molecule has 0 unspecified atom stereocenters. The molecule has 10 nitrogen and oxygen atoms in total. The Morgan fingerprint density at radius 1 is 1.11 bits per heavy atom. The van der Waals surface area contributed by atoms with Gasteiger partial charge >= 0.3 is 12.1 Å². The molecule has 1 aliphatic rings. The molecule has 2 N–H and O–H groups in total. The summed E-state index contributed by atoms with van der Waals surface area (Å²) >= 11 is 0. The van der Waals surface area contributed by atoms with E-state index in [0.717, 1.165) is 5.69 Å². The maximum atomic E-state index is 15.1. The number of anilines is 2. The Morgan fingerprint density at radius 2 is 1.86 bits per heavy atom. The second-order valence-electron chi connectivity index (χ2n) is 8.59. The molecule has 0 spiro atoms. The first-order chi connectivity index (χ1) is 17.3. The molecule has 0 aliphatic carbocycles. The number of urea groups is 1. The van der Waals surface area contributed by atoms with Gasteiger partial charge in [0.25, 0.3) is 0 Å². The molecule has 4 amide bonds. The minimum absolute atomic E-state index is 0.00430. The van der Waals surface area contributed by atoms with E-state index in [4.69, 9.17) is 4.74 Å². The van der Waals surface area contributed by atoms with Gasteiger partial charge in [0.05, 0.1) is 24.1 Å². The van der Waals surface area contributed by atoms with Crippen LogP contribution in [0.3, 0.4) is 0 Å². The molecule has 2 heterocycles. The number of nitrogens with zero attached hydrogens (tertiary/aromatic N) is 4. The van der Waals surface area contributed by atoms with Crippen LogP contribution >= 0.6 is 0 Å². The van der Waals surface area contributed by atoms with Gasteiger partial charge in [-0.25, -0.2) is 14.0 Å². The van der Waals surface area contributed by atoms with Gasteiger partial charge in [-0.15, -0.1) is 0 Å². The molecule has 36 heavy (non-hydrogen) atoms. The van der Waals surface area contributed by atoms with Crippen LogP contribution in [-0.4, -0.2) is 84.1 Å². The normalized spacial score (nSPS) is 13.7. The smallest absolute Gasteiger partial charge is 0.409 e. The summed E-state index contributed by atoms with van der Waals surface area (Å²) in [5.41, 5.74) is 1.86. The van der Waals surface area contributed by atoms with Crippen molar-refractivity contribution < 1.29 is 23.5 Å². The number of likely N-dealkylation sites (N-methyl/N-ethyl adjacent to an activating group) is 1. The lowest BCUT2D eigenvalue weighted by Crippen LogP contribution is -2.48. The second-order valence-corrected chi connectivity index (χ2v) is 8.59. The number of ether oxygens (including phenoxy) is 1. The van der Waals surface area contributed by atoms with Crippen LogP contribution in [0, 0.1) is 12.7 Å². The fraction of sp³-hybridized carbons (Fsp3) is 0.440. The highest BCUT2D eigenvalue weighted by Gasteiger charge is 2.23. The van der Waals surface area contributed by atoms with Crippen molar-refractivity contribution in [3.8, 4) is 0 Å². The highest BCUT2D eigenvalue weighted by molar-refractivity contribution is 5.99. The highest BCUT2D eigenvalue weighted by atomic mass is 19.1. The zero-order valence-corrected chi connectivity index (χ0v) is 20.9. The van der Waals surface area contributed by atoms with E-state index < -0.39 is 17.9 Å². The van der Waals surface area contributed by atoms with Crippen LogP contribution < -0.4 is 10.6 Å². The van der Waals surface area contributed by atoms with Gasteiger partial charge in [-0.1, -0.05) is 19.1 Å². The molecule has 3 rings (SSSR count). The van der Waals surface area contributed by atoms with Gasteiger partial charge in [-0.2, -0.15) is 0 Å². The van der Waals surface area contributed by atoms with E-state index in [-0.39, 0.29) is 18.2 Å². The molecule has 1 aromatic heterocycles. The van der Waals surface area contributed by atoms with Gasteiger partial charge in [-0.05, 0) is 25.1 Å². The summed E-state index contributed by atoms with van der Waals surface area (Å²) in [6.45, 7) is 6.48. The second kappa shape index (κ2) is 12.8. The van der Waals surface area contributed by atoms with Crippen molar-refractivity contribution in [3.63, 3.8) is 0 Å². The summed E-state index contributed by atoms with van der Waals surface area (Å²) in [5.74, 6) is -0.502. The number of nitrogens with one attached hydrogen (secondary N) is 2. The van der Waals surface area contributed by atoms with Crippen molar-refractivity contribution in [2.75, 3.05) is 57.0 Å². The molecule has 1 aliphatic heterocycles. The molecule has 1 saturated heterocycles. The van der Waals surface area contributed by atoms with Crippen molar-refractivity contribution >= 4 is 29.4 Å². The number of pyridine rings is 1. The van der Waals surface area contributed by atoms with Gasteiger partial charge < -0.3 is 25.2 Å². The Balaban J connectivity index is 1.46. The monoisotopic (exact) mass is 500 g/mol. The lowest BCUT2D eigenvalue weighted by Gasteiger charge is -2.34. The van der Waals surface area contributed by atoms with Gasteiger partial charge in [0.15, 0.2) is 5.82 Å².